The van der Waals surface area contributed by atoms with Crippen molar-refractivity contribution in [2.45, 2.75) is 6.54 Å². The zero-order valence-corrected chi connectivity index (χ0v) is 10.5. The molecule has 0 saturated heterocycles. The van der Waals surface area contributed by atoms with E-state index in [2.05, 4.69) is 25.1 Å². The van der Waals surface area contributed by atoms with E-state index in [1.165, 1.54) is 13.4 Å². The van der Waals surface area contributed by atoms with E-state index in [0.29, 0.717) is 29.5 Å². The van der Waals surface area contributed by atoms with E-state index in [1.54, 1.807) is 10.9 Å². The van der Waals surface area contributed by atoms with Crippen molar-refractivity contribution in [3.8, 4) is 5.88 Å². The van der Waals surface area contributed by atoms with Gasteiger partial charge in [-0.25, -0.2) is 9.97 Å². The summed E-state index contributed by atoms with van der Waals surface area (Å²) >= 11 is 0. The summed E-state index contributed by atoms with van der Waals surface area (Å²) in [6, 6.07) is 0. The second-order valence-electron chi connectivity index (χ2n) is 3.97. The average Bonchev–Trinajstić information content (AvgIpc) is 2.95. The van der Waals surface area contributed by atoms with E-state index in [0.717, 1.165) is 5.82 Å². The first-order chi connectivity index (χ1) is 9.20. The first kappa shape index (κ1) is 11.4. The van der Waals surface area contributed by atoms with Gasteiger partial charge in [0.25, 0.3) is 0 Å². The molecular weight excluding hydrogens is 248 g/mol. The Morgan fingerprint density at radius 2 is 2.21 bits per heavy atom. The molecule has 2 N–H and O–H groups in total. The Kier molecular flexibility index (Phi) is 2.51. The molecule has 0 unspecified atom stereocenters. The minimum Gasteiger partial charge on any atom is -0.479 e. The number of rotatable bonds is 3. The van der Waals surface area contributed by atoms with Crippen LogP contribution in [0, 0.1) is 0 Å². The van der Waals surface area contributed by atoms with E-state index in [4.69, 9.17) is 10.5 Å². The molecule has 3 aromatic rings. The van der Waals surface area contributed by atoms with E-state index in [1.807, 2.05) is 11.6 Å². The highest BCUT2D eigenvalue weighted by Gasteiger charge is 2.16. The Morgan fingerprint density at radius 3 is 2.89 bits per heavy atom. The molecule has 3 rings (SSSR count). The number of hydrogen-bond donors (Lipinski definition) is 1. The van der Waals surface area contributed by atoms with Gasteiger partial charge in [0, 0.05) is 7.05 Å². The Balaban J connectivity index is 2.13. The van der Waals surface area contributed by atoms with Crippen LogP contribution in [0.1, 0.15) is 5.82 Å². The Hall–Kier alpha value is -2.71. The van der Waals surface area contributed by atoms with Gasteiger partial charge in [-0.3, -0.25) is 4.57 Å². The number of aryl methyl sites for hydroxylation is 1. The molecule has 0 aliphatic heterocycles. The van der Waals surface area contributed by atoms with Gasteiger partial charge in [0.05, 0.1) is 13.7 Å². The third kappa shape index (κ3) is 1.75. The number of nitrogens with two attached hydrogens (primary N) is 1. The highest BCUT2D eigenvalue weighted by atomic mass is 16.5. The minimum absolute atomic E-state index is 0.330. The highest BCUT2D eigenvalue weighted by molar-refractivity contribution is 5.78. The van der Waals surface area contributed by atoms with Crippen LogP contribution >= 0.6 is 0 Å². The molecule has 0 bridgehead atoms. The monoisotopic (exact) mass is 260 g/mol. The number of nitrogen functional groups attached to an aromatic ring is 1. The molecule has 0 spiro atoms. The highest BCUT2D eigenvalue weighted by Crippen LogP contribution is 2.23. The molecular formula is C10H12N8O. The van der Waals surface area contributed by atoms with Crippen LogP contribution in [0.15, 0.2) is 12.7 Å². The summed E-state index contributed by atoms with van der Waals surface area (Å²) in [5, 5.41) is 7.84. The molecule has 0 radical (unpaired) electrons. The van der Waals surface area contributed by atoms with Crippen LogP contribution in [0.2, 0.25) is 0 Å². The summed E-state index contributed by atoms with van der Waals surface area (Å²) in [5.74, 6) is 1.48. The molecule has 0 saturated carbocycles. The molecule has 98 valence electrons. The third-order valence-corrected chi connectivity index (χ3v) is 2.83. The third-order valence-electron chi connectivity index (χ3n) is 2.83. The molecule has 0 aliphatic rings. The van der Waals surface area contributed by atoms with Gasteiger partial charge in [0.1, 0.15) is 12.7 Å². The summed E-state index contributed by atoms with van der Waals surface area (Å²) in [6.45, 7) is 0.430. The second kappa shape index (κ2) is 4.19. The van der Waals surface area contributed by atoms with E-state index in [9.17, 15) is 0 Å². The van der Waals surface area contributed by atoms with Gasteiger partial charge in [0.2, 0.25) is 11.8 Å². The summed E-state index contributed by atoms with van der Waals surface area (Å²) in [6.07, 6.45) is 3.04. The fraction of sp³-hybridized carbons (Fsp3) is 0.300. The maximum absolute atomic E-state index is 5.91. The lowest BCUT2D eigenvalue weighted by atomic mass is 10.5. The standard InChI is InChI=1S/C10H12N8O/c1-17-5-14-16-6(17)3-18-8-7(15-10(18)11)9(19-2)13-4-12-8/h4-5H,3H2,1-2H3,(H2,11,15). The van der Waals surface area contributed by atoms with Gasteiger partial charge >= 0.3 is 0 Å². The van der Waals surface area contributed by atoms with E-state index < -0.39 is 0 Å². The molecule has 0 aromatic carbocycles. The second-order valence-corrected chi connectivity index (χ2v) is 3.97. The van der Waals surface area contributed by atoms with Crippen molar-refractivity contribution < 1.29 is 4.74 Å². The largest absolute Gasteiger partial charge is 0.479 e. The lowest BCUT2D eigenvalue weighted by Gasteiger charge is -2.05. The van der Waals surface area contributed by atoms with Crippen LogP contribution < -0.4 is 10.5 Å². The molecule has 0 aliphatic carbocycles. The number of methoxy groups -OCH3 is 1. The maximum atomic E-state index is 5.91. The Bertz CT molecular complexity index is 730. The van der Waals surface area contributed by atoms with Crippen LogP contribution in [0.3, 0.4) is 0 Å². The number of aromatic nitrogens is 7. The van der Waals surface area contributed by atoms with Gasteiger partial charge in [-0.15, -0.1) is 10.2 Å². The van der Waals surface area contributed by atoms with Crippen molar-refractivity contribution in [3.05, 3.63) is 18.5 Å². The van der Waals surface area contributed by atoms with Crippen LogP contribution in [0.5, 0.6) is 5.88 Å². The van der Waals surface area contributed by atoms with Crippen molar-refractivity contribution in [3.63, 3.8) is 0 Å². The first-order valence-electron chi connectivity index (χ1n) is 5.54. The van der Waals surface area contributed by atoms with Crippen LogP contribution in [-0.4, -0.2) is 41.4 Å². The average molecular weight is 260 g/mol. The zero-order chi connectivity index (χ0) is 13.4. The van der Waals surface area contributed by atoms with Gasteiger partial charge in [-0.1, -0.05) is 0 Å². The van der Waals surface area contributed by atoms with E-state index in [-0.39, 0.29) is 0 Å². The first-order valence-corrected chi connectivity index (χ1v) is 5.54. The summed E-state index contributed by atoms with van der Waals surface area (Å²) in [7, 11) is 3.39. The lowest BCUT2D eigenvalue weighted by Crippen LogP contribution is -2.09. The van der Waals surface area contributed by atoms with Gasteiger partial charge in [-0.2, -0.15) is 4.98 Å². The van der Waals surface area contributed by atoms with Crippen molar-refractivity contribution >= 4 is 17.1 Å². The van der Waals surface area contributed by atoms with Gasteiger partial charge in [-0.05, 0) is 0 Å². The van der Waals surface area contributed by atoms with Crippen molar-refractivity contribution in [2.75, 3.05) is 12.8 Å². The maximum Gasteiger partial charge on any atom is 0.245 e. The number of ether oxygens (including phenoxy) is 1. The number of nitrogens with zero attached hydrogens (tertiary/aromatic N) is 7. The van der Waals surface area contributed by atoms with Crippen molar-refractivity contribution in [1.82, 2.24) is 34.3 Å². The topological polar surface area (TPSA) is 110 Å². The van der Waals surface area contributed by atoms with Crippen LogP contribution in [0.4, 0.5) is 5.95 Å². The van der Waals surface area contributed by atoms with Gasteiger partial charge < -0.3 is 15.0 Å². The van der Waals surface area contributed by atoms with Crippen molar-refractivity contribution in [2.24, 2.45) is 7.05 Å². The van der Waals surface area contributed by atoms with Crippen molar-refractivity contribution in [1.29, 1.82) is 0 Å². The number of anilines is 1. The van der Waals surface area contributed by atoms with Crippen LogP contribution in [0.25, 0.3) is 11.2 Å². The minimum atomic E-state index is 0.330. The quantitative estimate of drug-likeness (QED) is 0.681. The SMILES string of the molecule is COc1ncnc2c1nc(N)n2Cc1nncn1C. The number of imidazole rings is 1. The number of fused-ring (bicyclic) bond motifs is 1. The summed E-state index contributed by atoms with van der Waals surface area (Å²) in [4.78, 5) is 12.4. The Labute approximate surface area is 108 Å². The predicted molar refractivity (Wildman–Crippen MR) is 66.4 cm³/mol. The fourth-order valence-electron chi connectivity index (χ4n) is 1.83. The van der Waals surface area contributed by atoms with Crippen LogP contribution in [-0.2, 0) is 13.6 Å². The van der Waals surface area contributed by atoms with Gasteiger partial charge in [0.15, 0.2) is 17.0 Å². The number of hydrogen-bond acceptors (Lipinski definition) is 7. The normalized spacial score (nSPS) is 11.1. The lowest BCUT2D eigenvalue weighted by molar-refractivity contribution is 0.401. The molecule has 9 heteroatoms. The smallest absolute Gasteiger partial charge is 0.245 e. The zero-order valence-electron chi connectivity index (χ0n) is 10.5. The predicted octanol–water partition coefficient (Wildman–Crippen LogP) is -0.406. The molecule has 0 atom stereocenters. The summed E-state index contributed by atoms with van der Waals surface area (Å²) < 4.78 is 8.69. The molecule has 9 nitrogen and oxygen atoms in total. The van der Waals surface area contributed by atoms with E-state index >= 15 is 0 Å². The molecule has 0 amide bonds. The molecule has 3 heterocycles. The fourth-order valence-corrected chi connectivity index (χ4v) is 1.83. The molecule has 19 heavy (non-hydrogen) atoms. The Morgan fingerprint density at radius 1 is 1.37 bits per heavy atom. The summed E-state index contributed by atoms with van der Waals surface area (Å²) in [5.41, 5.74) is 7.05. The molecule has 0 fully saturated rings. The molecule has 3 aromatic heterocycles.